The van der Waals surface area contributed by atoms with Crippen LogP contribution in [0.5, 0.6) is 11.5 Å². The highest BCUT2D eigenvalue weighted by Gasteiger charge is 2.26. The molecular weight excluding hydrogens is 526 g/mol. The van der Waals surface area contributed by atoms with Crippen LogP contribution in [0.4, 0.5) is 0 Å². The van der Waals surface area contributed by atoms with Crippen LogP contribution in [0.15, 0.2) is 84.9 Å². The zero-order chi connectivity index (χ0) is 28.5. The molecule has 4 aromatic rings. The van der Waals surface area contributed by atoms with Crippen LogP contribution in [0.3, 0.4) is 0 Å². The van der Waals surface area contributed by atoms with Crippen LogP contribution in [0.1, 0.15) is 59.5 Å². The SMILES string of the molecule is CCCC(c1ccc(C(=O)NCCC(=O)O)cc1)C(COc1ccc2cc(OC)ccc2c1)c1ccc(Cl)cc1. The number of benzene rings is 4. The number of ether oxygens (including phenoxy) is 2. The molecule has 0 heterocycles. The zero-order valence-corrected chi connectivity index (χ0v) is 23.5. The van der Waals surface area contributed by atoms with Crippen molar-refractivity contribution in [2.75, 3.05) is 20.3 Å². The Bertz CT molecular complexity index is 1440. The first-order valence-electron chi connectivity index (χ1n) is 13.4. The van der Waals surface area contributed by atoms with E-state index in [1.165, 1.54) is 0 Å². The molecule has 0 aliphatic heterocycles. The topological polar surface area (TPSA) is 84.9 Å². The summed E-state index contributed by atoms with van der Waals surface area (Å²) in [6.07, 6.45) is 1.79. The molecule has 7 heteroatoms. The molecule has 0 spiro atoms. The molecule has 40 heavy (non-hydrogen) atoms. The Morgan fingerprint density at radius 3 is 2.08 bits per heavy atom. The second kappa shape index (κ2) is 13.9. The van der Waals surface area contributed by atoms with Gasteiger partial charge < -0.3 is 19.9 Å². The van der Waals surface area contributed by atoms with Crippen LogP contribution < -0.4 is 14.8 Å². The van der Waals surface area contributed by atoms with Crippen LogP contribution in [-0.4, -0.2) is 37.2 Å². The van der Waals surface area contributed by atoms with Crippen LogP contribution >= 0.6 is 11.6 Å². The molecule has 2 N–H and O–H groups in total. The number of halogens is 1. The van der Waals surface area contributed by atoms with E-state index < -0.39 is 5.97 Å². The monoisotopic (exact) mass is 559 g/mol. The third-order valence-electron chi connectivity index (χ3n) is 7.06. The molecular formula is C33H34ClNO5. The molecule has 0 saturated carbocycles. The second-order valence-corrected chi connectivity index (χ2v) is 10.2. The summed E-state index contributed by atoms with van der Waals surface area (Å²) in [5, 5.41) is 14.3. The van der Waals surface area contributed by atoms with Crippen molar-refractivity contribution in [3.05, 3.63) is 107 Å². The number of carboxylic acid groups (broad SMARTS) is 1. The molecule has 0 aliphatic carbocycles. The molecule has 0 radical (unpaired) electrons. The van der Waals surface area contributed by atoms with Gasteiger partial charge in [-0.15, -0.1) is 0 Å². The largest absolute Gasteiger partial charge is 0.497 e. The van der Waals surface area contributed by atoms with Crippen molar-refractivity contribution in [1.82, 2.24) is 5.32 Å². The number of aliphatic carboxylic acids is 1. The van der Waals surface area contributed by atoms with Gasteiger partial charge in [0.2, 0.25) is 0 Å². The van der Waals surface area contributed by atoms with E-state index in [4.69, 9.17) is 26.2 Å². The van der Waals surface area contributed by atoms with Gasteiger partial charge in [-0.25, -0.2) is 0 Å². The summed E-state index contributed by atoms with van der Waals surface area (Å²) in [6, 6.07) is 27.5. The third-order valence-corrected chi connectivity index (χ3v) is 7.31. The van der Waals surface area contributed by atoms with Crippen LogP contribution in [-0.2, 0) is 4.79 Å². The quantitative estimate of drug-likeness (QED) is 0.178. The van der Waals surface area contributed by atoms with E-state index in [0.717, 1.165) is 46.2 Å². The fraction of sp³-hybridized carbons (Fsp3) is 0.273. The second-order valence-electron chi connectivity index (χ2n) is 9.76. The highest BCUT2D eigenvalue weighted by Crippen LogP contribution is 2.38. The van der Waals surface area contributed by atoms with Gasteiger partial charge in [0, 0.05) is 23.0 Å². The van der Waals surface area contributed by atoms with Crippen molar-refractivity contribution in [3.63, 3.8) is 0 Å². The summed E-state index contributed by atoms with van der Waals surface area (Å²) >= 11 is 6.21. The number of fused-ring (bicyclic) bond motifs is 1. The highest BCUT2D eigenvalue weighted by molar-refractivity contribution is 6.30. The fourth-order valence-electron chi connectivity index (χ4n) is 4.94. The third kappa shape index (κ3) is 7.54. The molecule has 6 nitrogen and oxygen atoms in total. The van der Waals surface area contributed by atoms with E-state index >= 15 is 0 Å². The van der Waals surface area contributed by atoms with Gasteiger partial charge in [-0.1, -0.05) is 61.3 Å². The Morgan fingerprint density at radius 2 is 1.45 bits per heavy atom. The Hall–Kier alpha value is -4.03. The lowest BCUT2D eigenvalue weighted by Crippen LogP contribution is -2.26. The van der Waals surface area contributed by atoms with E-state index in [1.807, 2.05) is 60.7 Å². The normalized spacial score (nSPS) is 12.5. The molecule has 0 aliphatic rings. The van der Waals surface area contributed by atoms with Crippen LogP contribution in [0.2, 0.25) is 5.02 Å². The maximum Gasteiger partial charge on any atom is 0.305 e. The van der Waals surface area contributed by atoms with Gasteiger partial charge in [0.1, 0.15) is 11.5 Å². The Balaban J connectivity index is 1.57. The van der Waals surface area contributed by atoms with Crippen molar-refractivity contribution in [1.29, 1.82) is 0 Å². The smallest absolute Gasteiger partial charge is 0.305 e. The average Bonchev–Trinajstić information content (AvgIpc) is 2.97. The maximum atomic E-state index is 12.5. The Labute approximate surface area is 239 Å². The lowest BCUT2D eigenvalue weighted by atomic mass is 9.79. The van der Waals surface area contributed by atoms with Gasteiger partial charge in [-0.2, -0.15) is 0 Å². The van der Waals surface area contributed by atoms with Crippen molar-refractivity contribution >= 4 is 34.2 Å². The standard InChI is InChI=1S/C33H34ClNO5/c1-3-4-30(22-5-7-24(8-6-22)33(38)35-18-17-32(36)37)31(23-9-13-27(34)14-10-23)21-40-29-16-12-25-19-28(39-2)15-11-26(25)20-29/h5-16,19-20,30-31H,3-4,17-18,21H2,1-2H3,(H,35,38)(H,36,37). The van der Waals surface area contributed by atoms with Gasteiger partial charge in [-0.05, 0) is 82.8 Å². The summed E-state index contributed by atoms with van der Waals surface area (Å²) in [5.41, 5.74) is 2.73. The zero-order valence-electron chi connectivity index (χ0n) is 22.7. The number of carbonyl (C=O) groups excluding carboxylic acids is 1. The van der Waals surface area contributed by atoms with Gasteiger partial charge >= 0.3 is 5.97 Å². The molecule has 2 atom stereocenters. The minimum Gasteiger partial charge on any atom is -0.497 e. The van der Waals surface area contributed by atoms with E-state index in [0.29, 0.717) is 17.2 Å². The van der Waals surface area contributed by atoms with Crippen LogP contribution in [0, 0.1) is 0 Å². The summed E-state index contributed by atoms with van der Waals surface area (Å²) in [6.45, 7) is 2.71. The van der Waals surface area contributed by atoms with E-state index in [9.17, 15) is 9.59 Å². The lowest BCUT2D eigenvalue weighted by Gasteiger charge is -2.28. The Morgan fingerprint density at radius 1 is 0.850 bits per heavy atom. The van der Waals surface area contributed by atoms with Crippen molar-refractivity contribution in [3.8, 4) is 11.5 Å². The first kappa shape index (κ1) is 29.0. The number of rotatable bonds is 13. The van der Waals surface area contributed by atoms with Crippen LogP contribution in [0.25, 0.3) is 10.8 Å². The number of carbonyl (C=O) groups is 2. The molecule has 0 bridgehead atoms. The van der Waals surface area contributed by atoms with Gasteiger partial charge in [-0.3, -0.25) is 9.59 Å². The molecule has 0 fully saturated rings. The van der Waals surface area contributed by atoms with E-state index in [1.54, 1.807) is 19.2 Å². The predicted molar refractivity (Wildman–Crippen MR) is 159 cm³/mol. The first-order chi connectivity index (χ1) is 19.4. The molecule has 1 amide bonds. The number of nitrogens with one attached hydrogen (secondary N) is 1. The van der Waals surface area contributed by atoms with Gasteiger partial charge in [0.25, 0.3) is 5.91 Å². The van der Waals surface area contributed by atoms with E-state index in [-0.39, 0.29) is 30.7 Å². The summed E-state index contributed by atoms with van der Waals surface area (Å²) in [4.78, 5) is 23.2. The van der Waals surface area contributed by atoms with Crippen molar-refractivity contribution in [2.45, 2.75) is 38.0 Å². The molecule has 208 valence electrons. The molecule has 4 aromatic carbocycles. The first-order valence-corrected chi connectivity index (χ1v) is 13.8. The molecule has 0 aromatic heterocycles. The predicted octanol–water partition coefficient (Wildman–Crippen LogP) is 7.45. The number of carboxylic acids is 1. The summed E-state index contributed by atoms with van der Waals surface area (Å²) in [5.74, 6) is 0.554. The minimum atomic E-state index is -0.947. The number of amides is 1. The van der Waals surface area contributed by atoms with Gasteiger partial charge in [0.15, 0.2) is 0 Å². The summed E-state index contributed by atoms with van der Waals surface area (Å²) < 4.78 is 11.8. The Kier molecular flexibility index (Phi) is 10.0. The van der Waals surface area contributed by atoms with Gasteiger partial charge in [0.05, 0.1) is 20.1 Å². The summed E-state index contributed by atoms with van der Waals surface area (Å²) in [7, 11) is 1.66. The molecule has 0 saturated heterocycles. The van der Waals surface area contributed by atoms with Crippen molar-refractivity contribution < 1.29 is 24.2 Å². The fourth-order valence-corrected chi connectivity index (χ4v) is 5.06. The average molecular weight is 560 g/mol. The lowest BCUT2D eigenvalue weighted by molar-refractivity contribution is -0.136. The number of hydrogen-bond donors (Lipinski definition) is 2. The minimum absolute atomic E-state index is 0.0408. The molecule has 2 unspecified atom stereocenters. The highest BCUT2D eigenvalue weighted by atomic mass is 35.5. The molecule has 4 rings (SSSR count). The maximum absolute atomic E-state index is 12.5. The van der Waals surface area contributed by atoms with Crippen molar-refractivity contribution in [2.24, 2.45) is 0 Å². The number of hydrogen-bond acceptors (Lipinski definition) is 4. The number of methoxy groups -OCH3 is 1. The van der Waals surface area contributed by atoms with E-state index in [2.05, 4.69) is 24.4 Å².